The number of amides is 1. The van der Waals surface area contributed by atoms with Gasteiger partial charge in [0, 0.05) is 23.5 Å². The van der Waals surface area contributed by atoms with Crippen LogP contribution in [0.1, 0.15) is 24.3 Å². The standard InChI is InChI=1S/C13H18N2OS/c1-3-10-4-5-17-12(10)8-15-13(16)9(2)11-6-14-7-11/h4-5,14H,3,6-8H2,1-2H3,(H,15,16). The maximum atomic E-state index is 11.9. The van der Waals surface area contributed by atoms with Crippen molar-refractivity contribution in [3.63, 3.8) is 0 Å². The summed E-state index contributed by atoms with van der Waals surface area (Å²) in [5.41, 5.74) is 3.44. The number of carbonyl (C=O) groups excluding carboxylic acids is 1. The zero-order chi connectivity index (χ0) is 12.3. The van der Waals surface area contributed by atoms with Crippen LogP contribution < -0.4 is 10.6 Å². The molecule has 1 saturated heterocycles. The third-order valence-electron chi connectivity index (χ3n) is 3.18. The highest BCUT2D eigenvalue weighted by atomic mass is 32.1. The minimum absolute atomic E-state index is 0.0666. The lowest BCUT2D eigenvalue weighted by molar-refractivity contribution is -0.117. The quantitative estimate of drug-likeness (QED) is 0.801. The van der Waals surface area contributed by atoms with Crippen LogP contribution in [0.5, 0.6) is 0 Å². The molecule has 4 heteroatoms. The maximum absolute atomic E-state index is 11.9. The Balaban J connectivity index is 1.92. The van der Waals surface area contributed by atoms with E-state index in [1.54, 1.807) is 11.3 Å². The molecule has 92 valence electrons. The van der Waals surface area contributed by atoms with Crippen LogP contribution in [-0.2, 0) is 17.8 Å². The fraction of sp³-hybridized carbons (Fsp3) is 0.462. The van der Waals surface area contributed by atoms with Gasteiger partial charge in [0.15, 0.2) is 0 Å². The SMILES string of the molecule is CCc1ccsc1CNC(=O)C(C)=C1CNC1. The Morgan fingerprint density at radius 3 is 2.88 bits per heavy atom. The number of hydrogen-bond donors (Lipinski definition) is 2. The molecule has 0 aromatic carbocycles. The van der Waals surface area contributed by atoms with Crippen molar-refractivity contribution < 1.29 is 4.79 Å². The molecule has 1 aromatic heterocycles. The van der Waals surface area contributed by atoms with Crippen molar-refractivity contribution >= 4 is 17.2 Å². The summed E-state index contributed by atoms with van der Waals surface area (Å²) in [6.07, 6.45) is 1.03. The van der Waals surface area contributed by atoms with E-state index in [4.69, 9.17) is 0 Å². The van der Waals surface area contributed by atoms with E-state index in [1.165, 1.54) is 16.0 Å². The second kappa shape index (κ2) is 5.47. The van der Waals surface area contributed by atoms with Gasteiger partial charge in [-0.25, -0.2) is 0 Å². The van der Waals surface area contributed by atoms with E-state index in [0.29, 0.717) is 6.54 Å². The van der Waals surface area contributed by atoms with E-state index >= 15 is 0 Å². The van der Waals surface area contributed by atoms with Gasteiger partial charge in [-0.15, -0.1) is 11.3 Å². The Kier molecular flexibility index (Phi) is 3.97. The molecule has 2 heterocycles. The van der Waals surface area contributed by atoms with Crippen molar-refractivity contribution in [2.75, 3.05) is 13.1 Å². The molecule has 0 bridgehead atoms. The third-order valence-corrected chi connectivity index (χ3v) is 4.14. The first-order chi connectivity index (χ1) is 8.22. The highest BCUT2D eigenvalue weighted by molar-refractivity contribution is 7.10. The minimum atomic E-state index is 0.0666. The molecular formula is C13H18N2OS. The molecule has 1 aliphatic rings. The number of thiophene rings is 1. The number of rotatable bonds is 4. The van der Waals surface area contributed by atoms with Gasteiger partial charge in [-0.2, -0.15) is 0 Å². The molecule has 1 amide bonds. The summed E-state index contributed by atoms with van der Waals surface area (Å²) in [6.45, 7) is 6.41. The van der Waals surface area contributed by atoms with Crippen LogP contribution in [0.2, 0.25) is 0 Å². The minimum Gasteiger partial charge on any atom is -0.347 e. The smallest absolute Gasteiger partial charge is 0.247 e. The summed E-state index contributed by atoms with van der Waals surface area (Å²) in [4.78, 5) is 13.1. The van der Waals surface area contributed by atoms with Crippen LogP contribution in [0.15, 0.2) is 22.6 Å². The van der Waals surface area contributed by atoms with Gasteiger partial charge >= 0.3 is 0 Å². The molecule has 2 rings (SSSR count). The first kappa shape index (κ1) is 12.3. The molecule has 0 radical (unpaired) electrons. The largest absolute Gasteiger partial charge is 0.347 e. The van der Waals surface area contributed by atoms with E-state index in [0.717, 1.165) is 25.1 Å². The van der Waals surface area contributed by atoms with E-state index in [2.05, 4.69) is 29.0 Å². The summed E-state index contributed by atoms with van der Waals surface area (Å²) in [5, 5.41) is 8.23. The molecular weight excluding hydrogens is 232 g/mol. The van der Waals surface area contributed by atoms with E-state index in [-0.39, 0.29) is 5.91 Å². The van der Waals surface area contributed by atoms with Gasteiger partial charge in [-0.05, 0) is 35.9 Å². The Bertz CT molecular complexity index is 442. The van der Waals surface area contributed by atoms with Crippen LogP contribution in [0.4, 0.5) is 0 Å². The second-order valence-electron chi connectivity index (χ2n) is 4.24. The molecule has 0 atom stereocenters. The Labute approximate surface area is 106 Å². The van der Waals surface area contributed by atoms with E-state index in [1.807, 2.05) is 6.92 Å². The molecule has 1 aliphatic heterocycles. The van der Waals surface area contributed by atoms with Crippen LogP contribution in [0.3, 0.4) is 0 Å². The van der Waals surface area contributed by atoms with Gasteiger partial charge in [0.2, 0.25) is 5.91 Å². The first-order valence-corrected chi connectivity index (χ1v) is 6.83. The predicted molar refractivity (Wildman–Crippen MR) is 71.1 cm³/mol. The van der Waals surface area contributed by atoms with E-state index < -0.39 is 0 Å². The lowest BCUT2D eigenvalue weighted by Crippen LogP contribution is -2.37. The molecule has 1 aromatic rings. The summed E-state index contributed by atoms with van der Waals surface area (Å²) in [5.74, 6) is 0.0666. The van der Waals surface area contributed by atoms with Gasteiger partial charge in [-0.3, -0.25) is 4.79 Å². The lowest BCUT2D eigenvalue weighted by atomic mass is 10.0. The summed E-state index contributed by atoms with van der Waals surface area (Å²) in [6, 6.07) is 2.13. The number of carbonyl (C=O) groups is 1. The van der Waals surface area contributed by atoms with Crippen molar-refractivity contribution in [1.82, 2.24) is 10.6 Å². The second-order valence-corrected chi connectivity index (χ2v) is 5.24. The monoisotopic (exact) mass is 250 g/mol. The maximum Gasteiger partial charge on any atom is 0.247 e. The highest BCUT2D eigenvalue weighted by Crippen LogP contribution is 2.17. The van der Waals surface area contributed by atoms with Crippen molar-refractivity contribution in [3.05, 3.63) is 33.0 Å². The van der Waals surface area contributed by atoms with Gasteiger partial charge < -0.3 is 10.6 Å². The molecule has 17 heavy (non-hydrogen) atoms. The Hall–Kier alpha value is -1.13. The third kappa shape index (κ3) is 2.76. The zero-order valence-electron chi connectivity index (χ0n) is 10.3. The molecule has 2 N–H and O–H groups in total. The molecule has 0 saturated carbocycles. The van der Waals surface area contributed by atoms with Crippen LogP contribution >= 0.6 is 11.3 Å². The van der Waals surface area contributed by atoms with E-state index in [9.17, 15) is 4.79 Å². The molecule has 1 fully saturated rings. The first-order valence-electron chi connectivity index (χ1n) is 5.95. The molecule has 0 aliphatic carbocycles. The predicted octanol–water partition coefficient (Wildman–Crippen LogP) is 1.85. The number of nitrogens with one attached hydrogen (secondary N) is 2. The fourth-order valence-corrected chi connectivity index (χ4v) is 2.72. The Morgan fingerprint density at radius 2 is 2.29 bits per heavy atom. The molecule has 3 nitrogen and oxygen atoms in total. The van der Waals surface area contributed by atoms with Gasteiger partial charge in [0.25, 0.3) is 0 Å². The lowest BCUT2D eigenvalue weighted by Gasteiger charge is -2.21. The zero-order valence-corrected chi connectivity index (χ0v) is 11.1. The van der Waals surface area contributed by atoms with Gasteiger partial charge in [0.05, 0.1) is 6.54 Å². The Morgan fingerprint density at radius 1 is 1.53 bits per heavy atom. The fourth-order valence-electron chi connectivity index (χ4n) is 1.81. The number of aryl methyl sites for hydroxylation is 1. The molecule has 0 unspecified atom stereocenters. The summed E-state index contributed by atoms with van der Waals surface area (Å²) >= 11 is 1.71. The van der Waals surface area contributed by atoms with Crippen molar-refractivity contribution in [2.24, 2.45) is 0 Å². The normalized spacial score (nSPS) is 14.4. The average Bonchev–Trinajstić information content (AvgIpc) is 2.70. The highest BCUT2D eigenvalue weighted by Gasteiger charge is 2.15. The van der Waals surface area contributed by atoms with Crippen LogP contribution in [0.25, 0.3) is 0 Å². The number of hydrogen-bond acceptors (Lipinski definition) is 3. The summed E-state index contributed by atoms with van der Waals surface area (Å²) in [7, 11) is 0. The van der Waals surface area contributed by atoms with Crippen molar-refractivity contribution in [1.29, 1.82) is 0 Å². The van der Waals surface area contributed by atoms with Gasteiger partial charge in [0.1, 0.15) is 0 Å². The topological polar surface area (TPSA) is 41.1 Å². The average molecular weight is 250 g/mol. The van der Waals surface area contributed by atoms with Crippen LogP contribution in [-0.4, -0.2) is 19.0 Å². The summed E-state index contributed by atoms with van der Waals surface area (Å²) < 4.78 is 0. The van der Waals surface area contributed by atoms with Crippen molar-refractivity contribution in [3.8, 4) is 0 Å². The van der Waals surface area contributed by atoms with Crippen molar-refractivity contribution in [2.45, 2.75) is 26.8 Å². The van der Waals surface area contributed by atoms with Crippen LogP contribution in [0, 0.1) is 0 Å². The molecule has 0 spiro atoms. The van der Waals surface area contributed by atoms with Gasteiger partial charge in [-0.1, -0.05) is 6.92 Å².